The van der Waals surface area contributed by atoms with Crippen LogP contribution in [-0.2, 0) is 4.74 Å². The van der Waals surface area contributed by atoms with Crippen LogP contribution in [0, 0.1) is 17.7 Å². The molecule has 0 saturated carbocycles. The first-order valence-electron chi connectivity index (χ1n) is 9.08. The lowest BCUT2D eigenvalue weighted by Crippen LogP contribution is -2.43. The number of carbonyl (C=O) groups is 1. The number of amides is 1. The van der Waals surface area contributed by atoms with Gasteiger partial charge in [-0.05, 0) is 49.8 Å². The average molecular weight is 332 g/mol. The first-order valence-corrected chi connectivity index (χ1v) is 9.08. The maximum atomic E-state index is 13.9. The molecule has 130 valence electrons. The van der Waals surface area contributed by atoms with Crippen LogP contribution in [0.4, 0.5) is 4.39 Å². The van der Waals surface area contributed by atoms with Gasteiger partial charge in [-0.15, -0.1) is 0 Å². The summed E-state index contributed by atoms with van der Waals surface area (Å²) in [7, 11) is 0. The van der Waals surface area contributed by atoms with E-state index in [4.69, 9.17) is 4.74 Å². The molecule has 1 aromatic carbocycles. The number of hydrogen-bond donors (Lipinski definition) is 0. The van der Waals surface area contributed by atoms with Crippen LogP contribution in [0.25, 0.3) is 0 Å². The minimum absolute atomic E-state index is 0.159. The number of carbonyl (C=O) groups excluding carboxylic acids is 1. The Morgan fingerprint density at radius 3 is 2.79 bits per heavy atom. The lowest BCUT2D eigenvalue weighted by atomic mass is 9.88. The number of likely N-dealkylation sites (tertiary alicyclic amines) is 2. The van der Waals surface area contributed by atoms with Crippen molar-refractivity contribution in [3.8, 4) is 0 Å². The Morgan fingerprint density at radius 2 is 2.00 bits per heavy atom. The largest absolute Gasteiger partial charge is 0.377 e. The predicted molar refractivity (Wildman–Crippen MR) is 89.3 cm³/mol. The molecule has 1 amide bonds. The average Bonchev–Trinajstić information content (AvgIpc) is 3.23. The number of halogens is 1. The van der Waals surface area contributed by atoms with E-state index < -0.39 is 5.82 Å². The second-order valence-corrected chi connectivity index (χ2v) is 7.39. The van der Waals surface area contributed by atoms with E-state index in [1.807, 2.05) is 4.90 Å². The highest BCUT2D eigenvalue weighted by Crippen LogP contribution is 2.32. The molecule has 3 fully saturated rings. The third-order valence-electron chi connectivity index (χ3n) is 5.76. The second-order valence-electron chi connectivity index (χ2n) is 7.39. The molecule has 3 aliphatic heterocycles. The molecule has 0 radical (unpaired) electrons. The van der Waals surface area contributed by atoms with Gasteiger partial charge in [-0.2, -0.15) is 0 Å². The Balaban J connectivity index is 1.37. The number of hydrogen-bond acceptors (Lipinski definition) is 3. The number of nitrogens with zero attached hydrogens (tertiary/aromatic N) is 2. The van der Waals surface area contributed by atoms with Gasteiger partial charge in [0.2, 0.25) is 0 Å². The maximum Gasteiger partial charge on any atom is 0.256 e. The molecule has 0 unspecified atom stereocenters. The third-order valence-corrected chi connectivity index (χ3v) is 5.76. The van der Waals surface area contributed by atoms with Gasteiger partial charge in [0.05, 0.1) is 11.7 Å². The lowest BCUT2D eigenvalue weighted by molar-refractivity contribution is 0.0506. The van der Waals surface area contributed by atoms with E-state index in [9.17, 15) is 9.18 Å². The zero-order valence-corrected chi connectivity index (χ0v) is 14.0. The molecule has 0 spiro atoms. The first kappa shape index (κ1) is 16.0. The standard InChI is InChI=1S/C19H25FN2O2/c20-18-6-2-1-5-17(18)19(23)22-11-14-7-8-21(10-15(14)12-22)13-16-4-3-9-24-16/h1-2,5-6,14-16H,3-4,7-13H2/t14-,15+,16-/m0/s1. The second kappa shape index (κ2) is 6.81. The molecule has 0 N–H and O–H groups in total. The van der Waals surface area contributed by atoms with E-state index in [1.54, 1.807) is 18.2 Å². The molecule has 3 aliphatic rings. The smallest absolute Gasteiger partial charge is 0.256 e. The molecule has 0 aromatic heterocycles. The van der Waals surface area contributed by atoms with E-state index in [0.717, 1.165) is 45.8 Å². The zero-order chi connectivity index (χ0) is 16.5. The van der Waals surface area contributed by atoms with Crippen LogP contribution in [0.3, 0.4) is 0 Å². The third kappa shape index (κ3) is 3.20. The van der Waals surface area contributed by atoms with Crippen molar-refractivity contribution >= 4 is 5.91 Å². The summed E-state index contributed by atoms with van der Waals surface area (Å²) < 4.78 is 19.6. The first-order chi connectivity index (χ1) is 11.7. The van der Waals surface area contributed by atoms with E-state index in [-0.39, 0.29) is 11.5 Å². The van der Waals surface area contributed by atoms with Gasteiger partial charge < -0.3 is 14.5 Å². The fraction of sp³-hybridized carbons (Fsp3) is 0.632. The van der Waals surface area contributed by atoms with Crippen molar-refractivity contribution in [2.24, 2.45) is 11.8 Å². The number of fused-ring (bicyclic) bond motifs is 1. The Hall–Kier alpha value is -1.46. The highest BCUT2D eigenvalue weighted by Gasteiger charge is 2.39. The van der Waals surface area contributed by atoms with Crippen LogP contribution in [0.2, 0.25) is 0 Å². The summed E-state index contributed by atoms with van der Waals surface area (Å²) in [5, 5.41) is 0. The van der Waals surface area contributed by atoms with Gasteiger partial charge in [0, 0.05) is 32.8 Å². The minimum Gasteiger partial charge on any atom is -0.377 e. The fourth-order valence-electron chi connectivity index (χ4n) is 4.46. The summed E-state index contributed by atoms with van der Waals surface area (Å²) in [6, 6.07) is 6.30. The van der Waals surface area contributed by atoms with Crippen molar-refractivity contribution in [1.82, 2.24) is 9.80 Å². The summed E-state index contributed by atoms with van der Waals surface area (Å²) in [6.07, 6.45) is 3.86. The molecule has 1 aromatic rings. The van der Waals surface area contributed by atoms with Crippen molar-refractivity contribution in [2.45, 2.75) is 25.4 Å². The maximum absolute atomic E-state index is 13.9. The summed E-state index contributed by atoms with van der Waals surface area (Å²) in [5.41, 5.74) is 0.201. The molecule has 3 heterocycles. The molecular formula is C19H25FN2O2. The summed E-state index contributed by atoms with van der Waals surface area (Å²) in [4.78, 5) is 17.0. The molecular weight excluding hydrogens is 307 g/mol. The predicted octanol–water partition coefficient (Wildman–Crippen LogP) is 2.40. The Kier molecular flexibility index (Phi) is 4.55. The Labute approximate surface area is 142 Å². The van der Waals surface area contributed by atoms with Gasteiger partial charge in [0.15, 0.2) is 0 Å². The number of benzene rings is 1. The highest BCUT2D eigenvalue weighted by atomic mass is 19.1. The molecule has 3 atom stereocenters. The summed E-state index contributed by atoms with van der Waals surface area (Å²) >= 11 is 0. The minimum atomic E-state index is -0.419. The normalized spacial score (nSPS) is 30.5. The topological polar surface area (TPSA) is 32.8 Å². The van der Waals surface area contributed by atoms with Crippen LogP contribution in [0.15, 0.2) is 24.3 Å². The highest BCUT2D eigenvalue weighted by molar-refractivity contribution is 5.94. The number of piperidine rings is 1. The van der Waals surface area contributed by atoms with Crippen LogP contribution in [0.1, 0.15) is 29.6 Å². The van der Waals surface area contributed by atoms with Crippen molar-refractivity contribution in [3.63, 3.8) is 0 Å². The zero-order valence-electron chi connectivity index (χ0n) is 14.0. The lowest BCUT2D eigenvalue weighted by Gasteiger charge is -2.35. The fourth-order valence-corrected chi connectivity index (χ4v) is 4.46. The van der Waals surface area contributed by atoms with E-state index >= 15 is 0 Å². The molecule has 3 saturated heterocycles. The number of rotatable bonds is 3. The summed E-state index contributed by atoms with van der Waals surface area (Å²) in [5.74, 6) is 0.489. The van der Waals surface area contributed by atoms with Gasteiger partial charge in [0.25, 0.3) is 5.91 Å². The van der Waals surface area contributed by atoms with Gasteiger partial charge in [-0.3, -0.25) is 4.79 Å². The summed E-state index contributed by atoms with van der Waals surface area (Å²) in [6.45, 7) is 5.56. The van der Waals surface area contributed by atoms with E-state index in [2.05, 4.69) is 4.90 Å². The van der Waals surface area contributed by atoms with Crippen LogP contribution >= 0.6 is 0 Å². The van der Waals surface area contributed by atoms with E-state index in [0.29, 0.717) is 17.9 Å². The SMILES string of the molecule is O=C(c1ccccc1F)N1C[C@H]2CN(C[C@@H]3CCCO3)CC[C@H]2C1. The monoisotopic (exact) mass is 332 g/mol. The van der Waals surface area contributed by atoms with Gasteiger partial charge in [-0.1, -0.05) is 12.1 Å². The quantitative estimate of drug-likeness (QED) is 0.852. The molecule has 4 rings (SSSR count). The van der Waals surface area contributed by atoms with Crippen molar-refractivity contribution < 1.29 is 13.9 Å². The van der Waals surface area contributed by atoms with Gasteiger partial charge in [-0.25, -0.2) is 4.39 Å². The van der Waals surface area contributed by atoms with E-state index in [1.165, 1.54) is 18.9 Å². The van der Waals surface area contributed by atoms with Crippen LogP contribution in [0.5, 0.6) is 0 Å². The van der Waals surface area contributed by atoms with Crippen molar-refractivity contribution in [2.75, 3.05) is 39.3 Å². The van der Waals surface area contributed by atoms with Crippen LogP contribution in [-0.4, -0.2) is 61.1 Å². The van der Waals surface area contributed by atoms with Crippen LogP contribution < -0.4 is 0 Å². The molecule has 24 heavy (non-hydrogen) atoms. The van der Waals surface area contributed by atoms with Crippen molar-refractivity contribution in [1.29, 1.82) is 0 Å². The van der Waals surface area contributed by atoms with Crippen molar-refractivity contribution in [3.05, 3.63) is 35.6 Å². The molecule has 0 aliphatic carbocycles. The van der Waals surface area contributed by atoms with Gasteiger partial charge in [0.1, 0.15) is 5.82 Å². The Bertz CT molecular complexity index is 603. The Morgan fingerprint density at radius 1 is 1.17 bits per heavy atom. The number of ether oxygens (including phenoxy) is 1. The van der Waals surface area contributed by atoms with Gasteiger partial charge >= 0.3 is 0 Å². The molecule has 0 bridgehead atoms. The molecule has 4 nitrogen and oxygen atoms in total. The molecule has 5 heteroatoms.